The van der Waals surface area contributed by atoms with E-state index < -0.39 is 0 Å². The Morgan fingerprint density at radius 2 is 0.857 bits per heavy atom. The fourth-order valence-electron chi connectivity index (χ4n) is 3.08. The number of hydrogen-bond donors (Lipinski definition) is 0. The molecule has 0 rings (SSSR count). The molecule has 21 heavy (non-hydrogen) atoms. The van der Waals surface area contributed by atoms with E-state index >= 15 is 0 Å². The van der Waals surface area contributed by atoms with Crippen LogP contribution in [0, 0.1) is 5.92 Å². The molecule has 0 aliphatic heterocycles. The molecule has 0 radical (unpaired) electrons. The van der Waals surface area contributed by atoms with Crippen LogP contribution in [0.15, 0.2) is 0 Å². The van der Waals surface area contributed by atoms with E-state index in [4.69, 9.17) is 11.6 Å². The lowest BCUT2D eigenvalue weighted by Crippen LogP contribution is -2.02. The normalized spacial score (nSPS) is 12.7. The van der Waals surface area contributed by atoms with Gasteiger partial charge in [0.25, 0.3) is 0 Å². The third-order valence-electron chi connectivity index (χ3n) is 4.65. The minimum absolute atomic E-state index is 0.790. The van der Waals surface area contributed by atoms with Crippen LogP contribution in [0.25, 0.3) is 0 Å². The van der Waals surface area contributed by atoms with Crippen LogP contribution in [0.1, 0.15) is 117 Å². The van der Waals surface area contributed by atoms with Crippen molar-refractivity contribution in [3.8, 4) is 0 Å². The summed E-state index contributed by atoms with van der Waals surface area (Å²) in [5.74, 6) is 1.67. The summed E-state index contributed by atoms with van der Waals surface area (Å²) >= 11 is 6.13. The molecule has 1 heteroatoms. The average molecular weight is 317 g/mol. The van der Waals surface area contributed by atoms with Gasteiger partial charge in [0, 0.05) is 5.88 Å². The summed E-state index contributed by atoms with van der Waals surface area (Å²) in [6, 6.07) is 0. The van der Waals surface area contributed by atoms with Gasteiger partial charge >= 0.3 is 0 Å². The molecule has 0 fully saturated rings. The van der Waals surface area contributed by atoms with Gasteiger partial charge < -0.3 is 0 Å². The van der Waals surface area contributed by atoms with Crippen LogP contribution in [0.5, 0.6) is 0 Å². The third-order valence-corrected chi connectivity index (χ3v) is 5.09. The molecule has 0 aliphatic carbocycles. The van der Waals surface area contributed by atoms with Gasteiger partial charge in [0.1, 0.15) is 0 Å². The molecule has 128 valence electrons. The molecule has 0 aliphatic rings. The van der Waals surface area contributed by atoms with Gasteiger partial charge in [-0.25, -0.2) is 0 Å². The van der Waals surface area contributed by atoms with Gasteiger partial charge in [-0.1, -0.05) is 104 Å². The smallest absolute Gasteiger partial charge is 0.0251 e. The SMILES string of the molecule is CCCCCCCCCCC(CCl)CCCCCCCC. The van der Waals surface area contributed by atoms with Crippen LogP contribution in [-0.4, -0.2) is 5.88 Å². The Balaban J connectivity index is 3.28. The van der Waals surface area contributed by atoms with Crippen molar-refractivity contribution >= 4 is 11.6 Å². The zero-order valence-corrected chi connectivity index (χ0v) is 15.7. The number of unbranched alkanes of at least 4 members (excludes halogenated alkanes) is 12. The summed E-state index contributed by atoms with van der Waals surface area (Å²) in [4.78, 5) is 0. The Morgan fingerprint density at radius 1 is 0.524 bits per heavy atom. The third kappa shape index (κ3) is 16.5. The largest absolute Gasteiger partial charge is 0.126 e. The Kier molecular flexibility index (Phi) is 18.6. The van der Waals surface area contributed by atoms with E-state index in [0.29, 0.717) is 0 Å². The number of hydrogen-bond acceptors (Lipinski definition) is 0. The molecule has 0 aromatic heterocycles. The van der Waals surface area contributed by atoms with Crippen LogP contribution in [-0.2, 0) is 0 Å². The van der Waals surface area contributed by atoms with E-state index in [-0.39, 0.29) is 0 Å². The van der Waals surface area contributed by atoms with E-state index in [1.807, 2.05) is 0 Å². The first kappa shape index (κ1) is 21.3. The molecule has 0 N–H and O–H groups in total. The van der Waals surface area contributed by atoms with E-state index in [1.54, 1.807) is 0 Å². The first-order valence-corrected chi connectivity index (χ1v) is 10.4. The van der Waals surface area contributed by atoms with Crippen LogP contribution >= 0.6 is 11.6 Å². The maximum absolute atomic E-state index is 6.13. The number of rotatable bonds is 17. The highest BCUT2D eigenvalue weighted by atomic mass is 35.5. The summed E-state index contributed by atoms with van der Waals surface area (Å²) in [5.41, 5.74) is 0. The molecule has 1 atom stereocenters. The molecule has 0 saturated heterocycles. The van der Waals surface area contributed by atoms with E-state index in [0.717, 1.165) is 11.8 Å². The van der Waals surface area contributed by atoms with E-state index in [1.165, 1.54) is 103 Å². The van der Waals surface area contributed by atoms with Crippen molar-refractivity contribution in [3.05, 3.63) is 0 Å². The Bertz CT molecular complexity index is 179. The molecule has 0 saturated carbocycles. The maximum Gasteiger partial charge on any atom is 0.0251 e. The minimum Gasteiger partial charge on any atom is -0.126 e. The van der Waals surface area contributed by atoms with Gasteiger partial charge in [-0.3, -0.25) is 0 Å². The molecule has 0 bridgehead atoms. The summed E-state index contributed by atoms with van der Waals surface area (Å²) in [5, 5.41) is 0. The molecule has 0 aromatic carbocycles. The maximum atomic E-state index is 6.13. The predicted molar refractivity (Wildman–Crippen MR) is 99.4 cm³/mol. The van der Waals surface area contributed by atoms with Crippen LogP contribution in [0.3, 0.4) is 0 Å². The highest BCUT2D eigenvalue weighted by Gasteiger charge is 2.06. The number of halogens is 1. The van der Waals surface area contributed by atoms with Gasteiger partial charge in [-0.2, -0.15) is 0 Å². The Hall–Kier alpha value is 0.290. The van der Waals surface area contributed by atoms with Crippen LogP contribution in [0.2, 0.25) is 0 Å². The molecule has 0 aromatic rings. The summed E-state index contributed by atoms with van der Waals surface area (Å²) < 4.78 is 0. The second kappa shape index (κ2) is 18.3. The molecular formula is C20H41Cl. The van der Waals surface area contributed by atoms with Gasteiger partial charge in [-0.05, 0) is 18.8 Å². The van der Waals surface area contributed by atoms with Crippen LogP contribution < -0.4 is 0 Å². The summed E-state index contributed by atoms with van der Waals surface area (Å²) in [6.07, 6.45) is 22.6. The monoisotopic (exact) mass is 316 g/mol. The van der Waals surface area contributed by atoms with Crippen molar-refractivity contribution in [2.75, 3.05) is 5.88 Å². The number of alkyl halides is 1. The lowest BCUT2D eigenvalue weighted by molar-refractivity contribution is 0.435. The predicted octanol–water partition coefficient (Wildman–Crippen LogP) is 8.12. The van der Waals surface area contributed by atoms with Crippen molar-refractivity contribution in [1.82, 2.24) is 0 Å². The van der Waals surface area contributed by atoms with Crippen LogP contribution in [0.4, 0.5) is 0 Å². The lowest BCUT2D eigenvalue weighted by atomic mass is 9.95. The molecular weight excluding hydrogens is 276 g/mol. The standard InChI is InChI=1S/C20H41Cl/c1-3-5-7-9-11-12-14-16-18-20(19-21)17-15-13-10-8-6-4-2/h20H,3-19H2,1-2H3. The zero-order valence-electron chi connectivity index (χ0n) is 15.0. The van der Waals surface area contributed by atoms with Gasteiger partial charge in [0.15, 0.2) is 0 Å². The van der Waals surface area contributed by atoms with Crippen molar-refractivity contribution in [2.24, 2.45) is 5.92 Å². The van der Waals surface area contributed by atoms with Crippen molar-refractivity contribution in [2.45, 2.75) is 117 Å². The zero-order chi connectivity index (χ0) is 15.6. The van der Waals surface area contributed by atoms with E-state index in [9.17, 15) is 0 Å². The average Bonchev–Trinajstić information content (AvgIpc) is 2.51. The fourth-order valence-corrected chi connectivity index (χ4v) is 3.39. The Morgan fingerprint density at radius 3 is 1.19 bits per heavy atom. The lowest BCUT2D eigenvalue weighted by Gasteiger charge is -2.13. The first-order valence-electron chi connectivity index (χ1n) is 9.91. The van der Waals surface area contributed by atoms with Crippen molar-refractivity contribution in [3.63, 3.8) is 0 Å². The molecule has 0 nitrogen and oxygen atoms in total. The van der Waals surface area contributed by atoms with Crippen molar-refractivity contribution < 1.29 is 0 Å². The first-order chi connectivity index (χ1) is 10.3. The van der Waals surface area contributed by atoms with E-state index in [2.05, 4.69) is 13.8 Å². The molecule has 1 unspecified atom stereocenters. The molecule has 0 spiro atoms. The summed E-state index contributed by atoms with van der Waals surface area (Å²) in [7, 11) is 0. The van der Waals surface area contributed by atoms with Gasteiger partial charge in [0.05, 0.1) is 0 Å². The van der Waals surface area contributed by atoms with Gasteiger partial charge in [0.2, 0.25) is 0 Å². The highest BCUT2D eigenvalue weighted by Crippen LogP contribution is 2.20. The second-order valence-electron chi connectivity index (χ2n) is 6.84. The minimum atomic E-state index is 0.790. The van der Waals surface area contributed by atoms with Crippen molar-refractivity contribution in [1.29, 1.82) is 0 Å². The van der Waals surface area contributed by atoms with Gasteiger partial charge in [-0.15, -0.1) is 11.6 Å². The Labute approximate surface area is 140 Å². The fraction of sp³-hybridized carbons (Fsp3) is 1.00. The second-order valence-corrected chi connectivity index (χ2v) is 7.15. The highest BCUT2D eigenvalue weighted by molar-refractivity contribution is 6.18. The molecule has 0 heterocycles. The topological polar surface area (TPSA) is 0 Å². The summed E-state index contributed by atoms with van der Waals surface area (Å²) in [6.45, 7) is 4.57. The molecule has 0 amide bonds. The quantitative estimate of drug-likeness (QED) is 0.188.